The van der Waals surface area contributed by atoms with E-state index >= 15 is 0 Å². The first-order chi connectivity index (χ1) is 13.5. The van der Waals surface area contributed by atoms with Gasteiger partial charge in [-0.15, -0.1) is 0 Å². The maximum absolute atomic E-state index is 12.5. The molecule has 3 rings (SSSR count). The summed E-state index contributed by atoms with van der Waals surface area (Å²) in [4.78, 5) is 30.9. The molecule has 28 heavy (non-hydrogen) atoms. The van der Waals surface area contributed by atoms with Crippen LogP contribution in [0.15, 0.2) is 12.3 Å². The second-order valence-electron chi connectivity index (χ2n) is 7.74. The molecule has 3 heterocycles. The summed E-state index contributed by atoms with van der Waals surface area (Å²) >= 11 is 0. The van der Waals surface area contributed by atoms with Gasteiger partial charge in [0.25, 0.3) is 0 Å². The zero-order valence-corrected chi connectivity index (χ0v) is 17.5. The van der Waals surface area contributed by atoms with Gasteiger partial charge in [-0.2, -0.15) is 0 Å². The van der Waals surface area contributed by atoms with Crippen molar-refractivity contribution in [2.45, 2.75) is 39.5 Å². The van der Waals surface area contributed by atoms with E-state index in [1.165, 1.54) is 0 Å². The van der Waals surface area contributed by atoms with Crippen molar-refractivity contribution in [2.75, 3.05) is 45.2 Å². The van der Waals surface area contributed by atoms with E-state index in [0.717, 1.165) is 67.9 Å². The van der Waals surface area contributed by atoms with Gasteiger partial charge >= 0.3 is 0 Å². The minimum Gasteiger partial charge on any atom is -0.369 e. The molecule has 1 amide bonds. The Morgan fingerprint density at radius 3 is 2.71 bits per heavy atom. The van der Waals surface area contributed by atoms with E-state index in [1.54, 1.807) is 0 Å². The Kier molecular flexibility index (Phi) is 6.78. The number of hydrogen-bond acceptors (Lipinski definition) is 6. The molecule has 0 aliphatic carbocycles. The van der Waals surface area contributed by atoms with Crippen LogP contribution in [0, 0.1) is 5.92 Å². The Balaban J connectivity index is 1.73. The first-order valence-electron chi connectivity index (χ1n) is 10.3. The van der Waals surface area contributed by atoms with Gasteiger partial charge in [0.2, 0.25) is 5.91 Å². The van der Waals surface area contributed by atoms with Crippen molar-refractivity contribution >= 4 is 22.8 Å². The Morgan fingerprint density at radius 2 is 2.00 bits per heavy atom. The minimum atomic E-state index is 0.0198. The number of nitrogens with one attached hydrogen (secondary N) is 1. The first-order valence-corrected chi connectivity index (χ1v) is 10.3. The zero-order valence-electron chi connectivity index (χ0n) is 17.5. The summed E-state index contributed by atoms with van der Waals surface area (Å²) in [6.07, 6.45) is 5.55. The van der Waals surface area contributed by atoms with Crippen molar-refractivity contribution in [1.82, 2.24) is 25.2 Å². The maximum atomic E-state index is 12.5. The largest absolute Gasteiger partial charge is 0.369 e. The number of aromatic nitrogens is 3. The number of aryl methyl sites for hydroxylation is 2. The zero-order chi connectivity index (χ0) is 20.1. The molecule has 2 aromatic rings. The number of carbonyl (C=O) groups is 1. The predicted octanol–water partition coefficient (Wildman–Crippen LogP) is 2.04. The number of likely N-dealkylation sites (N-methyl/N-ethyl adjacent to an activating group) is 1. The van der Waals surface area contributed by atoms with Crippen LogP contribution in [0.2, 0.25) is 0 Å². The van der Waals surface area contributed by atoms with Crippen LogP contribution in [-0.2, 0) is 17.6 Å². The molecule has 1 fully saturated rings. The van der Waals surface area contributed by atoms with Crippen LogP contribution in [0.1, 0.15) is 38.1 Å². The summed E-state index contributed by atoms with van der Waals surface area (Å²) in [5.41, 5.74) is 4.64. The highest BCUT2D eigenvalue weighted by Crippen LogP contribution is 2.25. The lowest BCUT2D eigenvalue weighted by Gasteiger charge is -2.33. The fourth-order valence-corrected chi connectivity index (χ4v) is 3.72. The van der Waals surface area contributed by atoms with E-state index < -0.39 is 0 Å². The number of amides is 1. The van der Waals surface area contributed by atoms with Gasteiger partial charge < -0.3 is 15.1 Å². The van der Waals surface area contributed by atoms with E-state index in [0.29, 0.717) is 12.2 Å². The topological polar surface area (TPSA) is 74.2 Å². The fourth-order valence-electron chi connectivity index (χ4n) is 3.72. The van der Waals surface area contributed by atoms with Crippen molar-refractivity contribution in [3.63, 3.8) is 0 Å². The normalized spacial score (nSPS) is 17.3. The maximum Gasteiger partial charge on any atom is 0.224 e. The molecule has 1 unspecified atom stereocenters. The van der Waals surface area contributed by atoms with Crippen LogP contribution in [-0.4, -0.2) is 66.0 Å². The Bertz CT molecular complexity index is 822. The van der Waals surface area contributed by atoms with Gasteiger partial charge in [-0.05, 0) is 45.8 Å². The third-order valence-electron chi connectivity index (χ3n) is 5.35. The second-order valence-corrected chi connectivity index (χ2v) is 7.74. The Labute approximate surface area is 167 Å². The fraction of sp³-hybridized carbons (Fsp3) is 0.619. The molecule has 2 aromatic heterocycles. The van der Waals surface area contributed by atoms with Crippen LogP contribution in [0.3, 0.4) is 0 Å². The molecule has 1 saturated heterocycles. The molecule has 0 saturated carbocycles. The van der Waals surface area contributed by atoms with E-state index in [2.05, 4.69) is 45.0 Å². The van der Waals surface area contributed by atoms with E-state index in [-0.39, 0.29) is 11.8 Å². The third kappa shape index (κ3) is 4.76. The molecular formula is C21H32N6O. The number of fused-ring (bicyclic) bond motifs is 1. The first kappa shape index (κ1) is 20.5. The van der Waals surface area contributed by atoms with Crippen molar-refractivity contribution in [1.29, 1.82) is 0 Å². The van der Waals surface area contributed by atoms with Gasteiger partial charge in [-0.1, -0.05) is 13.8 Å². The number of anilines is 1. The van der Waals surface area contributed by atoms with Gasteiger partial charge in [0, 0.05) is 26.2 Å². The second kappa shape index (κ2) is 9.28. The van der Waals surface area contributed by atoms with Crippen LogP contribution in [0.25, 0.3) is 11.2 Å². The summed E-state index contributed by atoms with van der Waals surface area (Å²) in [7, 11) is 4.02. The number of piperidine rings is 1. The quantitative estimate of drug-likeness (QED) is 0.787. The average molecular weight is 385 g/mol. The monoisotopic (exact) mass is 384 g/mol. The number of nitrogens with zero attached hydrogens (tertiary/aromatic N) is 5. The van der Waals surface area contributed by atoms with Gasteiger partial charge in [-0.3, -0.25) is 4.79 Å². The lowest BCUT2D eigenvalue weighted by atomic mass is 9.96. The van der Waals surface area contributed by atoms with Crippen molar-refractivity contribution in [3.8, 4) is 0 Å². The van der Waals surface area contributed by atoms with Crippen LogP contribution in [0.5, 0.6) is 0 Å². The summed E-state index contributed by atoms with van der Waals surface area (Å²) in [6, 6.07) is 2.07. The number of carbonyl (C=O) groups excluding carboxylic acids is 1. The molecule has 0 bridgehead atoms. The molecule has 152 valence electrons. The molecule has 0 radical (unpaired) electrons. The van der Waals surface area contributed by atoms with Crippen LogP contribution < -0.4 is 10.2 Å². The molecule has 0 aromatic carbocycles. The SMILES string of the molecule is CCc1nc2cc(N3CCCC(C(=O)NCCN(C)C)C3)cnc2nc1CC. The van der Waals surface area contributed by atoms with Gasteiger partial charge in [0.05, 0.1) is 29.2 Å². The summed E-state index contributed by atoms with van der Waals surface area (Å²) in [5, 5.41) is 3.07. The molecule has 0 spiro atoms. The number of rotatable bonds is 7. The van der Waals surface area contributed by atoms with Gasteiger partial charge in [0.1, 0.15) is 5.52 Å². The minimum absolute atomic E-state index is 0.0198. The standard InChI is InChI=1S/C21H32N6O/c1-5-17-18(6-2)25-20-19(24-17)12-16(13-23-20)27-10-7-8-15(14-27)21(28)22-9-11-26(3)4/h12-13,15H,5-11,14H2,1-4H3,(H,22,28). The molecule has 1 N–H and O–H groups in total. The predicted molar refractivity (Wildman–Crippen MR) is 113 cm³/mol. The molecule has 1 atom stereocenters. The highest BCUT2D eigenvalue weighted by atomic mass is 16.1. The van der Waals surface area contributed by atoms with E-state index in [9.17, 15) is 4.79 Å². The number of pyridine rings is 1. The smallest absolute Gasteiger partial charge is 0.224 e. The summed E-state index contributed by atoms with van der Waals surface area (Å²) in [6.45, 7) is 7.42. The van der Waals surface area contributed by atoms with Gasteiger partial charge in [-0.25, -0.2) is 15.0 Å². The molecule has 7 heteroatoms. The summed E-state index contributed by atoms with van der Waals surface area (Å²) in [5.74, 6) is 0.173. The van der Waals surface area contributed by atoms with Crippen molar-refractivity contribution in [3.05, 3.63) is 23.7 Å². The average Bonchev–Trinajstić information content (AvgIpc) is 2.72. The molecule has 1 aliphatic heterocycles. The summed E-state index contributed by atoms with van der Waals surface area (Å²) < 4.78 is 0. The molecule has 7 nitrogen and oxygen atoms in total. The lowest BCUT2D eigenvalue weighted by molar-refractivity contribution is -0.125. The highest BCUT2D eigenvalue weighted by molar-refractivity contribution is 5.80. The van der Waals surface area contributed by atoms with E-state index in [1.807, 2.05) is 20.3 Å². The molecule has 1 aliphatic rings. The van der Waals surface area contributed by atoms with Crippen LogP contribution in [0.4, 0.5) is 5.69 Å². The Hall–Kier alpha value is -2.28. The van der Waals surface area contributed by atoms with Crippen molar-refractivity contribution < 1.29 is 4.79 Å². The van der Waals surface area contributed by atoms with Gasteiger partial charge in [0.15, 0.2) is 5.65 Å². The van der Waals surface area contributed by atoms with Crippen molar-refractivity contribution in [2.24, 2.45) is 5.92 Å². The lowest BCUT2D eigenvalue weighted by Crippen LogP contribution is -2.44. The third-order valence-corrected chi connectivity index (χ3v) is 5.35. The number of hydrogen-bond donors (Lipinski definition) is 1. The van der Waals surface area contributed by atoms with E-state index in [4.69, 9.17) is 4.98 Å². The van der Waals surface area contributed by atoms with Crippen LogP contribution >= 0.6 is 0 Å². The highest BCUT2D eigenvalue weighted by Gasteiger charge is 2.26. The molecular weight excluding hydrogens is 352 g/mol. The Morgan fingerprint density at radius 1 is 1.25 bits per heavy atom.